The van der Waals surface area contributed by atoms with Gasteiger partial charge < -0.3 is 5.11 Å². The van der Waals surface area contributed by atoms with Gasteiger partial charge in [-0.25, -0.2) is 4.98 Å². The minimum absolute atomic E-state index is 0.0640. The maximum atomic E-state index is 11.6. The Labute approximate surface area is 96.2 Å². The van der Waals surface area contributed by atoms with Crippen LogP contribution in [0, 0.1) is 0 Å². The second-order valence-corrected chi connectivity index (χ2v) is 5.12. The Kier molecular flexibility index (Phi) is 2.04. The van der Waals surface area contributed by atoms with Crippen molar-refractivity contribution < 1.29 is 5.11 Å². The summed E-state index contributed by atoms with van der Waals surface area (Å²) in [6.45, 7) is 2.50. The first-order valence-corrected chi connectivity index (χ1v) is 6.25. The molecule has 0 atom stereocenters. The molecule has 1 saturated carbocycles. The normalized spacial score (nSPS) is 15.8. The van der Waals surface area contributed by atoms with Gasteiger partial charge in [-0.3, -0.25) is 9.36 Å². The van der Waals surface area contributed by atoms with E-state index in [0.29, 0.717) is 18.1 Å². The van der Waals surface area contributed by atoms with Crippen molar-refractivity contribution in [3.05, 3.63) is 21.4 Å². The fraction of sp³-hybridized carbons (Fsp3) is 0.455. The topological polar surface area (TPSA) is 55.1 Å². The zero-order chi connectivity index (χ0) is 11.3. The van der Waals surface area contributed by atoms with Gasteiger partial charge in [-0.05, 0) is 19.8 Å². The molecule has 5 heteroatoms. The smallest absolute Gasteiger partial charge is 0.255 e. The van der Waals surface area contributed by atoms with Crippen molar-refractivity contribution in [1.29, 1.82) is 0 Å². The lowest BCUT2D eigenvalue weighted by molar-refractivity contribution is 0.479. The number of aryl methyl sites for hydroxylation is 1. The van der Waals surface area contributed by atoms with Crippen LogP contribution in [0.4, 0.5) is 0 Å². The lowest BCUT2D eigenvalue weighted by Gasteiger charge is -2.02. The van der Waals surface area contributed by atoms with Crippen molar-refractivity contribution in [2.45, 2.75) is 32.2 Å². The molecule has 0 spiro atoms. The van der Waals surface area contributed by atoms with E-state index in [1.807, 2.05) is 6.92 Å². The molecule has 0 saturated heterocycles. The molecule has 1 fully saturated rings. The molecule has 1 N–H and O–H groups in total. The molecule has 1 aliphatic carbocycles. The van der Waals surface area contributed by atoms with Crippen LogP contribution in [0.2, 0.25) is 0 Å². The third-order valence-electron chi connectivity index (χ3n) is 2.88. The summed E-state index contributed by atoms with van der Waals surface area (Å²) >= 11 is 1.51. The largest absolute Gasteiger partial charge is 0.506 e. The van der Waals surface area contributed by atoms with E-state index in [9.17, 15) is 9.90 Å². The molecule has 0 bridgehead atoms. The first-order chi connectivity index (χ1) is 7.70. The van der Waals surface area contributed by atoms with Crippen molar-refractivity contribution in [2.24, 2.45) is 0 Å². The third kappa shape index (κ3) is 1.35. The van der Waals surface area contributed by atoms with Crippen LogP contribution in [0.25, 0.3) is 10.3 Å². The quantitative estimate of drug-likeness (QED) is 0.868. The van der Waals surface area contributed by atoms with Crippen molar-refractivity contribution >= 4 is 21.7 Å². The number of fused-ring (bicyclic) bond motifs is 1. The molecule has 0 amide bonds. The molecular weight excluding hydrogens is 224 g/mol. The van der Waals surface area contributed by atoms with Crippen LogP contribution in [0.15, 0.2) is 10.9 Å². The van der Waals surface area contributed by atoms with Gasteiger partial charge in [0, 0.05) is 18.5 Å². The number of hydrogen-bond donors (Lipinski definition) is 1. The average Bonchev–Trinajstić information content (AvgIpc) is 2.99. The van der Waals surface area contributed by atoms with E-state index in [2.05, 4.69) is 4.98 Å². The van der Waals surface area contributed by atoms with E-state index in [1.54, 1.807) is 4.57 Å². The van der Waals surface area contributed by atoms with E-state index in [0.717, 1.165) is 9.71 Å². The van der Waals surface area contributed by atoms with Crippen LogP contribution in [-0.4, -0.2) is 14.7 Å². The second-order valence-electron chi connectivity index (χ2n) is 4.09. The predicted octanol–water partition coefficient (Wildman–Crippen LogP) is 2.06. The minimum Gasteiger partial charge on any atom is -0.506 e. The zero-order valence-electron chi connectivity index (χ0n) is 8.93. The molecule has 0 radical (unpaired) electrons. The lowest BCUT2D eigenvalue weighted by Crippen LogP contribution is -2.18. The number of nitrogens with zero attached hydrogens (tertiary/aromatic N) is 2. The zero-order valence-corrected chi connectivity index (χ0v) is 9.75. The molecule has 3 rings (SSSR count). The highest BCUT2D eigenvalue weighted by atomic mass is 32.1. The Morgan fingerprint density at radius 1 is 1.62 bits per heavy atom. The lowest BCUT2D eigenvalue weighted by atomic mass is 10.4. The van der Waals surface area contributed by atoms with Crippen LogP contribution in [0.5, 0.6) is 5.75 Å². The van der Waals surface area contributed by atoms with Gasteiger partial charge in [-0.15, -0.1) is 11.3 Å². The van der Waals surface area contributed by atoms with E-state index in [4.69, 9.17) is 0 Å². The molecular formula is C11H12N2O2S. The van der Waals surface area contributed by atoms with Crippen LogP contribution < -0.4 is 5.56 Å². The molecule has 0 unspecified atom stereocenters. The SMILES string of the molecule is CCn1c(=O)cc(O)c2sc(C3CC3)nc21. The van der Waals surface area contributed by atoms with Crippen LogP contribution >= 0.6 is 11.3 Å². The highest BCUT2D eigenvalue weighted by Gasteiger charge is 2.28. The van der Waals surface area contributed by atoms with Gasteiger partial charge in [-0.1, -0.05) is 0 Å². The number of rotatable bonds is 2. The van der Waals surface area contributed by atoms with Gasteiger partial charge in [0.15, 0.2) is 5.65 Å². The van der Waals surface area contributed by atoms with E-state index >= 15 is 0 Å². The summed E-state index contributed by atoms with van der Waals surface area (Å²) in [6.07, 6.45) is 2.36. The van der Waals surface area contributed by atoms with Gasteiger partial charge in [0.2, 0.25) is 0 Å². The predicted molar refractivity (Wildman–Crippen MR) is 63.2 cm³/mol. The summed E-state index contributed by atoms with van der Waals surface area (Å²) in [4.78, 5) is 16.1. The summed E-state index contributed by atoms with van der Waals surface area (Å²) in [5, 5.41) is 10.8. The fourth-order valence-corrected chi connectivity index (χ4v) is 3.01. The Balaban J connectivity index is 2.34. The summed E-state index contributed by atoms with van der Waals surface area (Å²) in [5.74, 6) is 0.617. The highest BCUT2D eigenvalue weighted by molar-refractivity contribution is 7.19. The van der Waals surface area contributed by atoms with E-state index < -0.39 is 0 Å². The number of aromatic hydroxyl groups is 1. The van der Waals surface area contributed by atoms with Crippen LogP contribution in [0.3, 0.4) is 0 Å². The van der Waals surface area contributed by atoms with Gasteiger partial charge in [0.05, 0.1) is 5.01 Å². The van der Waals surface area contributed by atoms with Crippen molar-refractivity contribution in [3.8, 4) is 5.75 Å². The molecule has 0 aromatic carbocycles. The van der Waals surface area contributed by atoms with Gasteiger partial charge in [0.25, 0.3) is 5.56 Å². The number of aromatic nitrogens is 2. The summed E-state index contributed by atoms with van der Waals surface area (Å²) in [5.41, 5.74) is 0.458. The maximum absolute atomic E-state index is 11.6. The summed E-state index contributed by atoms with van der Waals surface area (Å²) in [7, 11) is 0. The Morgan fingerprint density at radius 3 is 3.00 bits per heavy atom. The Hall–Kier alpha value is -1.36. The minimum atomic E-state index is -0.180. The molecule has 84 valence electrons. The van der Waals surface area contributed by atoms with E-state index in [1.165, 1.54) is 30.2 Å². The monoisotopic (exact) mass is 236 g/mol. The number of pyridine rings is 1. The summed E-state index contributed by atoms with van der Waals surface area (Å²) in [6, 6.07) is 1.28. The first-order valence-electron chi connectivity index (χ1n) is 5.44. The maximum Gasteiger partial charge on any atom is 0.255 e. The molecule has 16 heavy (non-hydrogen) atoms. The Morgan fingerprint density at radius 2 is 2.38 bits per heavy atom. The molecule has 1 aliphatic rings. The average molecular weight is 236 g/mol. The Bertz CT molecular complexity index is 610. The first kappa shape index (κ1) is 9.84. The molecule has 4 nitrogen and oxygen atoms in total. The second kappa shape index (κ2) is 3.31. The third-order valence-corrected chi connectivity index (χ3v) is 4.11. The van der Waals surface area contributed by atoms with Crippen molar-refractivity contribution in [1.82, 2.24) is 9.55 Å². The molecule has 2 aromatic heterocycles. The van der Waals surface area contributed by atoms with Crippen molar-refractivity contribution in [2.75, 3.05) is 0 Å². The number of thiazole rings is 1. The summed E-state index contributed by atoms with van der Waals surface area (Å²) < 4.78 is 2.35. The molecule has 2 aromatic rings. The number of hydrogen-bond acceptors (Lipinski definition) is 4. The highest BCUT2D eigenvalue weighted by Crippen LogP contribution is 2.44. The van der Waals surface area contributed by atoms with Crippen LogP contribution in [-0.2, 0) is 6.54 Å². The van der Waals surface area contributed by atoms with Gasteiger partial charge >= 0.3 is 0 Å². The van der Waals surface area contributed by atoms with Gasteiger partial charge in [0.1, 0.15) is 10.4 Å². The fourth-order valence-electron chi connectivity index (χ4n) is 1.85. The van der Waals surface area contributed by atoms with E-state index in [-0.39, 0.29) is 11.3 Å². The van der Waals surface area contributed by atoms with Crippen molar-refractivity contribution in [3.63, 3.8) is 0 Å². The molecule has 0 aliphatic heterocycles. The standard InChI is InChI=1S/C11H12N2O2S/c1-2-13-8(15)5-7(14)9-10(13)12-11(16-9)6-3-4-6/h5-6,14H,2-4H2,1H3. The van der Waals surface area contributed by atoms with Gasteiger partial charge in [-0.2, -0.15) is 0 Å². The molecule has 2 heterocycles. The van der Waals surface area contributed by atoms with Crippen LogP contribution in [0.1, 0.15) is 30.7 Å².